The van der Waals surface area contributed by atoms with Gasteiger partial charge in [0.15, 0.2) is 31.6 Å². The number of aromatic nitrogens is 4. The normalized spacial score (nSPS) is 11.3. The molecule has 156 valence electrons. The topological polar surface area (TPSA) is 92.8 Å². The number of carbonyl (C=O) groups is 2. The zero-order valence-corrected chi connectivity index (χ0v) is 18.9. The first-order valence-corrected chi connectivity index (χ1v) is 11.4. The third-order valence-corrected chi connectivity index (χ3v) is 6.65. The Balaban J connectivity index is 1.41. The molecular formula is C19H12Cl2N6O2S2. The summed E-state index contributed by atoms with van der Waals surface area (Å²) < 4.78 is 3.27. The number of fused-ring (bicyclic) bond motifs is 2. The van der Waals surface area contributed by atoms with Crippen LogP contribution in [-0.2, 0) is 0 Å². The minimum Gasteiger partial charge on any atom is -0.321 e. The molecule has 0 radical (unpaired) electrons. The number of hydrogen-bond donors (Lipinski definition) is 2. The number of amides is 2. The minimum atomic E-state index is -0.407. The molecule has 4 heterocycles. The maximum Gasteiger partial charge on any atom is 0.275 e. The monoisotopic (exact) mass is 490 g/mol. The molecular weight excluding hydrogens is 479 g/mol. The SMILES string of the molecule is Cc1ccc(NC(=O)c2c(Cl)nc3sccn23)cc1NC(=O)c1c(Cl)nc2sccn12. The number of anilines is 2. The highest BCUT2D eigenvalue weighted by Gasteiger charge is 2.21. The van der Waals surface area contributed by atoms with E-state index in [-0.39, 0.29) is 21.7 Å². The van der Waals surface area contributed by atoms with Gasteiger partial charge in [-0.2, -0.15) is 0 Å². The number of nitrogens with one attached hydrogen (secondary N) is 2. The lowest BCUT2D eigenvalue weighted by molar-refractivity contribution is 0.101. The molecule has 0 unspecified atom stereocenters. The number of imidazole rings is 2. The summed E-state index contributed by atoms with van der Waals surface area (Å²) in [6.07, 6.45) is 3.47. The van der Waals surface area contributed by atoms with E-state index in [2.05, 4.69) is 20.6 Å². The van der Waals surface area contributed by atoms with Gasteiger partial charge >= 0.3 is 0 Å². The molecule has 0 atom stereocenters. The molecule has 0 saturated carbocycles. The van der Waals surface area contributed by atoms with Crippen LogP contribution in [0.25, 0.3) is 9.92 Å². The number of carbonyl (C=O) groups excluding carboxylic acids is 2. The average Bonchev–Trinajstić information content (AvgIpc) is 3.45. The molecule has 5 rings (SSSR count). The van der Waals surface area contributed by atoms with Crippen LogP contribution in [0.5, 0.6) is 0 Å². The lowest BCUT2D eigenvalue weighted by atomic mass is 10.1. The van der Waals surface area contributed by atoms with Gasteiger partial charge in [0.05, 0.1) is 0 Å². The van der Waals surface area contributed by atoms with Crippen LogP contribution < -0.4 is 10.6 Å². The van der Waals surface area contributed by atoms with E-state index in [1.54, 1.807) is 39.4 Å². The quantitative estimate of drug-likeness (QED) is 0.360. The van der Waals surface area contributed by atoms with Crippen LogP contribution in [0.3, 0.4) is 0 Å². The second-order valence-corrected chi connectivity index (χ2v) is 9.01. The van der Waals surface area contributed by atoms with Crippen LogP contribution in [0.15, 0.2) is 41.4 Å². The Kier molecular flexibility index (Phi) is 4.94. The van der Waals surface area contributed by atoms with Gasteiger partial charge in [0.1, 0.15) is 0 Å². The summed E-state index contributed by atoms with van der Waals surface area (Å²) in [5.41, 5.74) is 2.33. The second kappa shape index (κ2) is 7.65. The van der Waals surface area contributed by atoms with Crippen LogP contribution in [0, 0.1) is 6.92 Å². The summed E-state index contributed by atoms with van der Waals surface area (Å²) in [7, 11) is 0. The molecule has 8 nitrogen and oxygen atoms in total. The molecule has 0 aliphatic carbocycles. The van der Waals surface area contributed by atoms with Crippen molar-refractivity contribution >= 4 is 79.0 Å². The van der Waals surface area contributed by atoms with Crippen molar-refractivity contribution < 1.29 is 9.59 Å². The lowest BCUT2D eigenvalue weighted by Gasteiger charge is -2.11. The summed E-state index contributed by atoms with van der Waals surface area (Å²) in [6.45, 7) is 1.85. The van der Waals surface area contributed by atoms with Crippen LogP contribution in [0.1, 0.15) is 26.5 Å². The van der Waals surface area contributed by atoms with Gasteiger partial charge in [-0.3, -0.25) is 18.4 Å². The number of nitrogens with zero attached hydrogens (tertiary/aromatic N) is 4. The van der Waals surface area contributed by atoms with Crippen LogP contribution >= 0.6 is 45.9 Å². The first-order valence-electron chi connectivity index (χ1n) is 8.88. The zero-order valence-electron chi connectivity index (χ0n) is 15.7. The van der Waals surface area contributed by atoms with E-state index in [0.29, 0.717) is 21.3 Å². The number of benzene rings is 1. The van der Waals surface area contributed by atoms with E-state index in [0.717, 1.165) is 5.56 Å². The molecule has 1 aromatic carbocycles. The molecule has 4 aromatic heterocycles. The first kappa shape index (κ1) is 20.0. The van der Waals surface area contributed by atoms with Crippen molar-refractivity contribution in [2.24, 2.45) is 0 Å². The van der Waals surface area contributed by atoms with Gasteiger partial charge in [-0.1, -0.05) is 29.3 Å². The van der Waals surface area contributed by atoms with Crippen molar-refractivity contribution in [3.05, 3.63) is 68.6 Å². The molecule has 0 spiro atoms. The third kappa shape index (κ3) is 3.47. The van der Waals surface area contributed by atoms with E-state index in [9.17, 15) is 9.59 Å². The van der Waals surface area contributed by atoms with Gasteiger partial charge in [0.2, 0.25) is 0 Å². The van der Waals surface area contributed by atoms with Gasteiger partial charge in [0.25, 0.3) is 11.8 Å². The lowest BCUT2D eigenvalue weighted by Crippen LogP contribution is -2.17. The summed E-state index contributed by atoms with van der Waals surface area (Å²) >= 11 is 15.1. The van der Waals surface area contributed by atoms with Crippen molar-refractivity contribution in [2.75, 3.05) is 10.6 Å². The van der Waals surface area contributed by atoms with E-state index in [1.807, 2.05) is 17.7 Å². The van der Waals surface area contributed by atoms with Crippen molar-refractivity contribution in [2.45, 2.75) is 6.92 Å². The Labute approximate surface area is 193 Å². The Hall–Kier alpha value is -2.92. The van der Waals surface area contributed by atoms with E-state index in [4.69, 9.17) is 23.2 Å². The van der Waals surface area contributed by atoms with Gasteiger partial charge in [-0.25, -0.2) is 9.97 Å². The predicted octanol–water partition coefficient (Wildman–Crippen LogP) is 5.22. The number of thiazole rings is 2. The fourth-order valence-corrected chi connectivity index (χ4v) is 5.17. The average molecular weight is 491 g/mol. The van der Waals surface area contributed by atoms with E-state index < -0.39 is 11.8 Å². The molecule has 5 aromatic rings. The Morgan fingerprint density at radius 1 is 0.903 bits per heavy atom. The number of halogens is 2. The second-order valence-electron chi connectivity index (χ2n) is 6.55. The highest BCUT2D eigenvalue weighted by atomic mass is 35.5. The molecule has 31 heavy (non-hydrogen) atoms. The van der Waals surface area contributed by atoms with Crippen LogP contribution in [-0.4, -0.2) is 30.6 Å². The summed E-state index contributed by atoms with van der Waals surface area (Å²) in [6, 6.07) is 5.21. The number of hydrogen-bond acceptors (Lipinski definition) is 6. The summed E-state index contributed by atoms with van der Waals surface area (Å²) in [5.74, 6) is -0.808. The predicted molar refractivity (Wildman–Crippen MR) is 123 cm³/mol. The van der Waals surface area contributed by atoms with Gasteiger partial charge in [0, 0.05) is 34.5 Å². The maximum atomic E-state index is 12.9. The zero-order chi connectivity index (χ0) is 21.7. The highest BCUT2D eigenvalue weighted by molar-refractivity contribution is 7.15. The minimum absolute atomic E-state index is 0.125. The Morgan fingerprint density at radius 2 is 1.45 bits per heavy atom. The maximum absolute atomic E-state index is 12.9. The largest absolute Gasteiger partial charge is 0.321 e. The first-order chi connectivity index (χ1) is 14.9. The number of aryl methyl sites for hydroxylation is 1. The molecule has 0 saturated heterocycles. The molecule has 12 heteroatoms. The van der Waals surface area contributed by atoms with Gasteiger partial charge < -0.3 is 10.6 Å². The summed E-state index contributed by atoms with van der Waals surface area (Å²) in [4.78, 5) is 35.3. The number of rotatable bonds is 4. The molecule has 0 fully saturated rings. The van der Waals surface area contributed by atoms with Crippen molar-refractivity contribution in [3.63, 3.8) is 0 Å². The van der Waals surface area contributed by atoms with Crippen LogP contribution in [0.2, 0.25) is 10.3 Å². The fourth-order valence-electron chi connectivity index (χ4n) is 3.13. The molecule has 0 aliphatic heterocycles. The summed E-state index contributed by atoms with van der Waals surface area (Å²) in [5, 5.41) is 9.55. The van der Waals surface area contributed by atoms with Crippen molar-refractivity contribution in [1.82, 2.24) is 18.8 Å². The Morgan fingerprint density at radius 3 is 2.03 bits per heavy atom. The third-order valence-electron chi connectivity index (χ3n) is 4.61. The van der Waals surface area contributed by atoms with Crippen LogP contribution in [0.4, 0.5) is 11.4 Å². The molecule has 2 amide bonds. The van der Waals surface area contributed by atoms with Crippen molar-refractivity contribution in [1.29, 1.82) is 0 Å². The van der Waals surface area contributed by atoms with Gasteiger partial charge in [-0.05, 0) is 24.6 Å². The molecule has 0 aliphatic rings. The highest BCUT2D eigenvalue weighted by Crippen LogP contribution is 2.26. The fraction of sp³-hybridized carbons (Fsp3) is 0.0526. The van der Waals surface area contributed by atoms with E-state index >= 15 is 0 Å². The Bertz CT molecular complexity index is 1480. The smallest absolute Gasteiger partial charge is 0.275 e. The molecule has 0 bridgehead atoms. The molecule has 2 N–H and O–H groups in total. The standard InChI is InChI=1S/C19H12Cl2N6O2S2/c1-9-2-3-10(22-16(28)12-14(20)24-18-26(12)4-6-30-18)8-11(9)23-17(29)13-15(21)25-19-27(13)5-7-31-19/h2-8H,1H3,(H,22,28)(H,23,29). The van der Waals surface area contributed by atoms with Gasteiger partial charge in [-0.15, -0.1) is 22.7 Å². The van der Waals surface area contributed by atoms with Crippen molar-refractivity contribution in [3.8, 4) is 0 Å². The van der Waals surface area contributed by atoms with E-state index in [1.165, 1.54) is 22.7 Å².